The highest BCUT2D eigenvalue weighted by atomic mass is 16.4. The van der Waals surface area contributed by atoms with Crippen LogP contribution in [0.4, 0.5) is 11.6 Å². The predicted octanol–water partition coefficient (Wildman–Crippen LogP) is 0.660. The number of rotatable bonds is 8. The van der Waals surface area contributed by atoms with Crippen molar-refractivity contribution >= 4 is 34.5 Å². The van der Waals surface area contributed by atoms with Gasteiger partial charge in [0.2, 0.25) is 5.95 Å². The van der Waals surface area contributed by atoms with Crippen LogP contribution in [0.15, 0.2) is 35.3 Å². The van der Waals surface area contributed by atoms with Gasteiger partial charge in [-0.1, -0.05) is 0 Å². The second-order valence-corrected chi connectivity index (χ2v) is 7.61. The number of aromatic amines is 1. The Bertz CT molecular complexity index is 1260. The van der Waals surface area contributed by atoms with Crippen LogP contribution >= 0.6 is 0 Å². The number of nitrogens with zero attached hydrogens (tertiary/aromatic N) is 3. The second kappa shape index (κ2) is 8.63. The summed E-state index contributed by atoms with van der Waals surface area (Å²) in [6, 6.07) is 6.07. The molecule has 0 saturated carbocycles. The van der Waals surface area contributed by atoms with Crippen LogP contribution < -0.4 is 22.3 Å². The van der Waals surface area contributed by atoms with Crippen LogP contribution in [-0.4, -0.2) is 49.4 Å². The van der Waals surface area contributed by atoms with E-state index in [1.807, 2.05) is 6.07 Å². The maximum absolute atomic E-state index is 12.7. The van der Waals surface area contributed by atoms with E-state index in [0.29, 0.717) is 36.9 Å². The topological polar surface area (TPSA) is 180 Å². The summed E-state index contributed by atoms with van der Waals surface area (Å²) in [4.78, 5) is 48.5. The number of carboxylic acids is 1. The normalized spacial score (nSPS) is 13.9. The van der Waals surface area contributed by atoms with Gasteiger partial charge in [0, 0.05) is 30.5 Å². The molecule has 1 atom stereocenters. The molecule has 166 valence electrons. The molecule has 7 N–H and O–H groups in total. The Hall–Kier alpha value is -3.99. The van der Waals surface area contributed by atoms with Crippen LogP contribution in [0, 0.1) is 0 Å². The number of aromatic nitrogens is 3. The number of anilines is 2. The van der Waals surface area contributed by atoms with Gasteiger partial charge in [-0.2, -0.15) is 4.98 Å². The summed E-state index contributed by atoms with van der Waals surface area (Å²) in [6.07, 6.45) is 2.44. The molecule has 2 aromatic heterocycles. The fourth-order valence-corrected chi connectivity index (χ4v) is 3.81. The molecule has 0 spiro atoms. The predicted molar refractivity (Wildman–Crippen MR) is 118 cm³/mol. The Balaban J connectivity index is 1.49. The number of carbonyl (C=O) groups is 2. The SMILES string of the molecule is NCCC[C@@H](C(=O)O)N1Cc2cc(NCc3cnc4nc(N)[nH]c(=O)c4c3)ccc2C1=O. The van der Waals surface area contributed by atoms with Gasteiger partial charge in [0.15, 0.2) is 5.65 Å². The summed E-state index contributed by atoms with van der Waals surface area (Å²) in [7, 11) is 0. The Morgan fingerprint density at radius 3 is 2.88 bits per heavy atom. The molecule has 1 amide bonds. The molecule has 0 saturated heterocycles. The summed E-state index contributed by atoms with van der Waals surface area (Å²) < 4.78 is 0. The summed E-state index contributed by atoms with van der Waals surface area (Å²) in [5.74, 6) is -1.32. The number of hydrogen-bond donors (Lipinski definition) is 5. The number of hydrogen-bond acceptors (Lipinski definition) is 8. The molecule has 0 unspecified atom stereocenters. The first-order chi connectivity index (χ1) is 15.4. The first kappa shape index (κ1) is 21.2. The lowest BCUT2D eigenvalue weighted by molar-refractivity contribution is -0.142. The summed E-state index contributed by atoms with van der Waals surface area (Å²) in [5.41, 5.74) is 13.7. The Kier molecular flexibility index (Phi) is 5.73. The van der Waals surface area contributed by atoms with Crippen LogP contribution in [0.5, 0.6) is 0 Å². The molecule has 4 rings (SSSR count). The molecule has 0 bridgehead atoms. The molecule has 3 heterocycles. The third kappa shape index (κ3) is 4.10. The van der Waals surface area contributed by atoms with E-state index < -0.39 is 12.0 Å². The van der Waals surface area contributed by atoms with Crippen LogP contribution in [0.25, 0.3) is 11.0 Å². The van der Waals surface area contributed by atoms with E-state index in [0.717, 1.165) is 16.8 Å². The first-order valence-corrected chi connectivity index (χ1v) is 10.1. The van der Waals surface area contributed by atoms with Crippen molar-refractivity contribution in [1.29, 1.82) is 0 Å². The molecule has 0 radical (unpaired) electrons. The van der Waals surface area contributed by atoms with E-state index in [1.165, 1.54) is 4.90 Å². The minimum atomic E-state index is -1.03. The van der Waals surface area contributed by atoms with Gasteiger partial charge in [-0.05, 0) is 54.8 Å². The van der Waals surface area contributed by atoms with Crippen LogP contribution in [0.2, 0.25) is 0 Å². The van der Waals surface area contributed by atoms with Crippen molar-refractivity contribution in [3.8, 4) is 0 Å². The van der Waals surface area contributed by atoms with Crippen molar-refractivity contribution in [2.75, 3.05) is 17.6 Å². The maximum atomic E-state index is 12.7. The quantitative estimate of drug-likeness (QED) is 0.338. The molecule has 1 aliphatic heterocycles. The van der Waals surface area contributed by atoms with Crippen molar-refractivity contribution in [2.45, 2.75) is 32.0 Å². The van der Waals surface area contributed by atoms with Gasteiger partial charge in [0.05, 0.1) is 5.39 Å². The van der Waals surface area contributed by atoms with E-state index >= 15 is 0 Å². The number of amides is 1. The molecule has 1 aromatic carbocycles. The fraction of sp³-hybridized carbons (Fsp3) is 0.286. The molecule has 1 aliphatic rings. The third-order valence-corrected chi connectivity index (χ3v) is 5.41. The Labute approximate surface area is 182 Å². The number of H-pyrrole nitrogens is 1. The number of benzene rings is 1. The fourth-order valence-electron chi connectivity index (χ4n) is 3.81. The monoisotopic (exact) mass is 437 g/mol. The smallest absolute Gasteiger partial charge is 0.326 e. The highest BCUT2D eigenvalue weighted by molar-refractivity contribution is 6.00. The number of nitrogens with one attached hydrogen (secondary N) is 2. The van der Waals surface area contributed by atoms with Crippen molar-refractivity contribution in [1.82, 2.24) is 19.9 Å². The summed E-state index contributed by atoms with van der Waals surface area (Å²) >= 11 is 0. The van der Waals surface area contributed by atoms with E-state index in [2.05, 4.69) is 20.3 Å². The van der Waals surface area contributed by atoms with E-state index in [-0.39, 0.29) is 29.6 Å². The molecule has 11 nitrogen and oxygen atoms in total. The summed E-state index contributed by atoms with van der Waals surface area (Å²) in [5, 5.41) is 13.1. The van der Waals surface area contributed by atoms with Gasteiger partial charge in [0.1, 0.15) is 6.04 Å². The first-order valence-electron chi connectivity index (χ1n) is 10.1. The van der Waals surface area contributed by atoms with Gasteiger partial charge >= 0.3 is 5.97 Å². The van der Waals surface area contributed by atoms with Gasteiger partial charge in [-0.15, -0.1) is 0 Å². The van der Waals surface area contributed by atoms with Crippen molar-refractivity contribution in [3.05, 3.63) is 57.5 Å². The zero-order valence-electron chi connectivity index (χ0n) is 17.2. The van der Waals surface area contributed by atoms with E-state index in [1.54, 1.807) is 24.4 Å². The second-order valence-electron chi connectivity index (χ2n) is 7.61. The van der Waals surface area contributed by atoms with Crippen molar-refractivity contribution in [3.63, 3.8) is 0 Å². The molecule has 0 fully saturated rings. The highest BCUT2D eigenvalue weighted by Gasteiger charge is 2.36. The lowest BCUT2D eigenvalue weighted by Gasteiger charge is -2.23. The minimum Gasteiger partial charge on any atom is -0.480 e. The van der Waals surface area contributed by atoms with Crippen molar-refractivity contribution in [2.24, 2.45) is 5.73 Å². The van der Waals surface area contributed by atoms with E-state index in [9.17, 15) is 19.5 Å². The molecule has 0 aliphatic carbocycles. The standard InChI is InChI=1S/C21H23N7O4/c22-5-1-2-16(20(31)32)28-10-12-7-13(3-4-14(12)19(28)30)24-8-11-6-15-17(25-9-11)26-21(23)27-18(15)29/h3-4,6-7,9,16,24H,1-2,5,8,10,22H2,(H,31,32)(H3,23,25,26,27,29)/t16-/m0/s1. The molecular weight excluding hydrogens is 414 g/mol. The van der Waals surface area contributed by atoms with Gasteiger partial charge in [-0.3, -0.25) is 14.6 Å². The number of nitrogens with two attached hydrogens (primary N) is 2. The largest absolute Gasteiger partial charge is 0.480 e. The molecular formula is C21H23N7O4. The van der Waals surface area contributed by atoms with Crippen LogP contribution in [-0.2, 0) is 17.9 Å². The molecule has 32 heavy (non-hydrogen) atoms. The summed E-state index contributed by atoms with van der Waals surface area (Å²) in [6.45, 7) is 0.981. The average molecular weight is 437 g/mol. The Morgan fingerprint density at radius 1 is 1.31 bits per heavy atom. The zero-order chi connectivity index (χ0) is 22.8. The van der Waals surface area contributed by atoms with Crippen LogP contribution in [0.3, 0.4) is 0 Å². The third-order valence-electron chi connectivity index (χ3n) is 5.41. The minimum absolute atomic E-state index is 0.00997. The number of aliphatic carboxylic acids is 1. The Morgan fingerprint density at radius 2 is 2.12 bits per heavy atom. The molecule has 3 aromatic rings. The van der Waals surface area contributed by atoms with Gasteiger partial charge in [0.25, 0.3) is 11.5 Å². The number of fused-ring (bicyclic) bond motifs is 2. The number of nitrogen functional groups attached to an aromatic ring is 1. The number of carboxylic acid groups (broad SMARTS) is 1. The zero-order valence-corrected chi connectivity index (χ0v) is 17.2. The lowest BCUT2D eigenvalue weighted by atomic mass is 10.1. The highest BCUT2D eigenvalue weighted by Crippen LogP contribution is 2.29. The van der Waals surface area contributed by atoms with Gasteiger partial charge in [-0.25, -0.2) is 9.78 Å². The van der Waals surface area contributed by atoms with E-state index in [4.69, 9.17) is 11.5 Å². The number of pyridine rings is 1. The maximum Gasteiger partial charge on any atom is 0.326 e. The van der Waals surface area contributed by atoms with Gasteiger partial charge < -0.3 is 26.8 Å². The average Bonchev–Trinajstić information content (AvgIpc) is 3.08. The number of carbonyl (C=O) groups excluding carboxylic acids is 1. The van der Waals surface area contributed by atoms with Crippen LogP contribution in [0.1, 0.15) is 34.3 Å². The molecule has 11 heteroatoms. The van der Waals surface area contributed by atoms with Crippen molar-refractivity contribution < 1.29 is 14.7 Å². The lowest BCUT2D eigenvalue weighted by Crippen LogP contribution is -2.41.